The molecular formula is C12H16NO2. The molecule has 0 amide bonds. The van der Waals surface area contributed by atoms with Gasteiger partial charge >= 0.3 is 0 Å². The fourth-order valence-electron chi connectivity index (χ4n) is 1.82. The van der Waals surface area contributed by atoms with Crippen LogP contribution in [0, 0.1) is 6.07 Å². The number of rotatable bonds is 3. The van der Waals surface area contributed by atoms with Crippen LogP contribution in [0.1, 0.15) is 0 Å². The first-order valence-corrected chi connectivity index (χ1v) is 5.22. The summed E-state index contributed by atoms with van der Waals surface area (Å²) in [5.74, 6) is 0. The van der Waals surface area contributed by atoms with Crippen molar-refractivity contribution in [3.63, 3.8) is 0 Å². The van der Waals surface area contributed by atoms with Gasteiger partial charge in [0.1, 0.15) is 0 Å². The largest absolute Gasteiger partial charge is 0.382 e. The Morgan fingerprint density at radius 2 is 2.60 bits per heavy atom. The zero-order valence-corrected chi connectivity index (χ0v) is 8.98. The highest BCUT2D eigenvalue weighted by atomic mass is 16.5. The maximum Gasteiger partial charge on any atom is 0.0983 e. The van der Waals surface area contributed by atoms with Crippen LogP contribution in [-0.2, 0) is 9.47 Å². The average molecular weight is 206 g/mol. The number of ether oxygens (including phenoxy) is 2. The Kier molecular flexibility index (Phi) is 3.59. The zero-order valence-electron chi connectivity index (χ0n) is 8.98. The predicted molar refractivity (Wildman–Crippen MR) is 59.1 cm³/mol. The number of morpholine rings is 1. The number of hydrogen-bond donors (Lipinski definition) is 0. The minimum absolute atomic E-state index is 0.184. The molecule has 0 N–H and O–H groups in total. The molecule has 15 heavy (non-hydrogen) atoms. The van der Waals surface area contributed by atoms with Crippen molar-refractivity contribution in [1.29, 1.82) is 0 Å². The van der Waals surface area contributed by atoms with Crippen LogP contribution < -0.4 is 4.90 Å². The third-order valence-corrected chi connectivity index (χ3v) is 2.55. The molecule has 1 aliphatic rings. The van der Waals surface area contributed by atoms with E-state index in [2.05, 4.69) is 17.0 Å². The quantitative estimate of drug-likeness (QED) is 0.745. The van der Waals surface area contributed by atoms with Crippen LogP contribution in [-0.4, -0.2) is 39.5 Å². The first-order chi connectivity index (χ1) is 7.40. The predicted octanol–water partition coefficient (Wildman–Crippen LogP) is 1.34. The molecule has 1 heterocycles. The Morgan fingerprint density at radius 3 is 3.33 bits per heavy atom. The van der Waals surface area contributed by atoms with Gasteiger partial charge in [-0.2, -0.15) is 0 Å². The van der Waals surface area contributed by atoms with Gasteiger partial charge in [-0.15, -0.1) is 0 Å². The molecule has 2 rings (SSSR count). The molecule has 0 saturated carbocycles. The van der Waals surface area contributed by atoms with Gasteiger partial charge in [0.2, 0.25) is 0 Å². The SMILES string of the molecule is COCC1CN(c2c[c]ccc2)CCO1. The summed E-state index contributed by atoms with van der Waals surface area (Å²) >= 11 is 0. The first-order valence-electron chi connectivity index (χ1n) is 5.22. The van der Waals surface area contributed by atoms with E-state index in [1.54, 1.807) is 7.11 Å². The first kappa shape index (κ1) is 10.5. The number of hydrogen-bond acceptors (Lipinski definition) is 3. The summed E-state index contributed by atoms with van der Waals surface area (Å²) < 4.78 is 10.7. The summed E-state index contributed by atoms with van der Waals surface area (Å²) in [6.45, 7) is 3.26. The second-order valence-electron chi connectivity index (χ2n) is 3.66. The minimum Gasteiger partial charge on any atom is -0.382 e. The lowest BCUT2D eigenvalue weighted by molar-refractivity contribution is -0.0100. The van der Waals surface area contributed by atoms with Crippen molar-refractivity contribution in [3.8, 4) is 0 Å². The molecule has 1 aliphatic heterocycles. The lowest BCUT2D eigenvalue weighted by Gasteiger charge is -2.34. The monoisotopic (exact) mass is 206 g/mol. The summed E-state index contributed by atoms with van der Waals surface area (Å²) in [6, 6.07) is 11.1. The summed E-state index contributed by atoms with van der Waals surface area (Å²) in [5.41, 5.74) is 1.21. The average Bonchev–Trinajstić information content (AvgIpc) is 2.31. The number of benzene rings is 1. The molecule has 1 aromatic rings. The molecule has 3 nitrogen and oxygen atoms in total. The van der Waals surface area contributed by atoms with Gasteiger partial charge in [0, 0.05) is 25.9 Å². The van der Waals surface area contributed by atoms with Crippen LogP contribution in [0.5, 0.6) is 0 Å². The van der Waals surface area contributed by atoms with Crippen LogP contribution in [0.3, 0.4) is 0 Å². The highest BCUT2D eigenvalue weighted by Crippen LogP contribution is 2.16. The van der Waals surface area contributed by atoms with Crippen molar-refractivity contribution in [1.82, 2.24) is 0 Å². The smallest absolute Gasteiger partial charge is 0.0983 e. The number of methoxy groups -OCH3 is 1. The molecule has 0 aromatic heterocycles. The van der Waals surface area contributed by atoms with Crippen LogP contribution >= 0.6 is 0 Å². The van der Waals surface area contributed by atoms with E-state index in [9.17, 15) is 0 Å². The maximum atomic E-state index is 5.59. The Balaban J connectivity index is 1.98. The lowest BCUT2D eigenvalue weighted by Crippen LogP contribution is -2.44. The van der Waals surface area contributed by atoms with E-state index in [-0.39, 0.29) is 6.10 Å². The molecule has 1 aromatic carbocycles. The minimum atomic E-state index is 0.184. The zero-order chi connectivity index (χ0) is 10.5. The molecule has 1 atom stereocenters. The topological polar surface area (TPSA) is 21.7 Å². The summed E-state index contributed by atoms with van der Waals surface area (Å²) in [6.07, 6.45) is 0.184. The van der Waals surface area contributed by atoms with E-state index in [1.165, 1.54) is 5.69 Å². The molecule has 0 bridgehead atoms. The van der Waals surface area contributed by atoms with E-state index >= 15 is 0 Å². The third kappa shape index (κ3) is 2.70. The van der Waals surface area contributed by atoms with Crippen molar-refractivity contribution in [2.24, 2.45) is 0 Å². The Morgan fingerprint density at radius 1 is 1.67 bits per heavy atom. The van der Waals surface area contributed by atoms with Crippen molar-refractivity contribution < 1.29 is 9.47 Å². The van der Waals surface area contributed by atoms with Gasteiger partial charge in [-0.1, -0.05) is 12.1 Å². The van der Waals surface area contributed by atoms with Gasteiger partial charge in [0.05, 0.1) is 19.3 Å². The number of anilines is 1. The van der Waals surface area contributed by atoms with Gasteiger partial charge in [-0.3, -0.25) is 0 Å². The molecule has 0 spiro atoms. The van der Waals surface area contributed by atoms with Crippen LogP contribution in [0.4, 0.5) is 5.69 Å². The Bertz CT molecular complexity index is 287. The molecule has 1 unspecified atom stereocenters. The fourth-order valence-corrected chi connectivity index (χ4v) is 1.82. The van der Waals surface area contributed by atoms with Crippen LogP contribution in [0.25, 0.3) is 0 Å². The van der Waals surface area contributed by atoms with Crippen LogP contribution in [0.15, 0.2) is 24.3 Å². The van der Waals surface area contributed by atoms with Gasteiger partial charge < -0.3 is 14.4 Å². The van der Waals surface area contributed by atoms with Gasteiger partial charge in [-0.25, -0.2) is 0 Å². The third-order valence-electron chi connectivity index (χ3n) is 2.55. The molecule has 81 valence electrons. The van der Waals surface area contributed by atoms with E-state index in [0.29, 0.717) is 6.61 Å². The second-order valence-corrected chi connectivity index (χ2v) is 3.66. The molecule has 3 heteroatoms. The summed E-state index contributed by atoms with van der Waals surface area (Å²) in [7, 11) is 1.71. The van der Waals surface area contributed by atoms with Crippen molar-refractivity contribution in [2.75, 3.05) is 38.3 Å². The van der Waals surface area contributed by atoms with E-state index in [1.807, 2.05) is 18.2 Å². The van der Waals surface area contributed by atoms with Crippen LogP contribution in [0.2, 0.25) is 0 Å². The Hall–Kier alpha value is -1.06. The highest BCUT2D eigenvalue weighted by Gasteiger charge is 2.20. The summed E-state index contributed by atoms with van der Waals surface area (Å²) in [5, 5.41) is 0. The maximum absolute atomic E-state index is 5.59. The van der Waals surface area contributed by atoms with Gasteiger partial charge in [-0.05, 0) is 18.2 Å². The molecule has 1 radical (unpaired) electrons. The number of nitrogens with zero attached hydrogens (tertiary/aromatic N) is 1. The molecule has 1 saturated heterocycles. The summed E-state index contributed by atoms with van der Waals surface area (Å²) in [4.78, 5) is 2.31. The highest BCUT2D eigenvalue weighted by molar-refractivity contribution is 5.46. The molecule has 0 aliphatic carbocycles. The van der Waals surface area contributed by atoms with E-state index in [4.69, 9.17) is 9.47 Å². The fraction of sp³-hybridized carbons (Fsp3) is 0.500. The lowest BCUT2D eigenvalue weighted by atomic mass is 10.2. The normalized spacial score (nSPS) is 21.7. The van der Waals surface area contributed by atoms with Gasteiger partial charge in [0.25, 0.3) is 0 Å². The standard InChI is InChI=1S/C12H16NO2/c1-14-10-12-9-13(7-8-15-12)11-5-3-2-4-6-11/h2-3,5-6,12H,7-10H2,1H3. The Labute approximate surface area is 90.6 Å². The molecular weight excluding hydrogens is 190 g/mol. The van der Waals surface area contributed by atoms with Gasteiger partial charge in [0.15, 0.2) is 0 Å². The van der Waals surface area contributed by atoms with Crippen molar-refractivity contribution in [2.45, 2.75) is 6.10 Å². The van der Waals surface area contributed by atoms with Crippen molar-refractivity contribution >= 4 is 5.69 Å². The van der Waals surface area contributed by atoms with Crippen molar-refractivity contribution in [3.05, 3.63) is 30.3 Å². The van der Waals surface area contributed by atoms with E-state index < -0.39 is 0 Å². The molecule has 1 fully saturated rings. The second kappa shape index (κ2) is 5.14. The van der Waals surface area contributed by atoms with E-state index in [0.717, 1.165) is 19.7 Å².